The zero-order chi connectivity index (χ0) is 10.4. The van der Waals surface area contributed by atoms with Crippen molar-refractivity contribution in [1.82, 2.24) is 4.98 Å². The second-order valence-corrected chi connectivity index (χ2v) is 4.47. The molecule has 0 fully saturated rings. The molecule has 0 unspecified atom stereocenters. The van der Waals surface area contributed by atoms with Crippen LogP contribution in [0.15, 0.2) is 35.1 Å². The van der Waals surface area contributed by atoms with Crippen LogP contribution in [-0.4, -0.2) is 12.0 Å². The normalized spacial score (nSPS) is 13.6. The topological polar surface area (TPSA) is 16.1 Å². The molecule has 0 radical (unpaired) electrons. The number of pyridine rings is 1. The van der Waals surface area contributed by atoms with Crippen molar-refractivity contribution in [2.24, 2.45) is 0 Å². The summed E-state index contributed by atoms with van der Waals surface area (Å²) in [4.78, 5) is 6.49. The van der Waals surface area contributed by atoms with E-state index in [0.717, 1.165) is 9.99 Å². The Balaban J connectivity index is 2.54. The molecular formula is C12H9BrN2. The molecule has 1 aliphatic rings. The Morgan fingerprint density at radius 2 is 2.13 bits per heavy atom. The summed E-state index contributed by atoms with van der Waals surface area (Å²) in [6.45, 7) is 0. The lowest BCUT2D eigenvalue weighted by molar-refractivity contribution is 1.20. The number of aromatic nitrogens is 1. The molecule has 2 aromatic rings. The Labute approximate surface area is 96.4 Å². The van der Waals surface area contributed by atoms with E-state index in [2.05, 4.69) is 38.1 Å². The lowest BCUT2D eigenvalue weighted by atomic mass is 10.0. The zero-order valence-electron chi connectivity index (χ0n) is 8.24. The molecule has 0 atom stereocenters. The van der Waals surface area contributed by atoms with Crippen molar-refractivity contribution in [1.29, 1.82) is 0 Å². The highest BCUT2D eigenvalue weighted by Gasteiger charge is 2.15. The van der Waals surface area contributed by atoms with Crippen LogP contribution in [0.2, 0.25) is 0 Å². The number of nitrogens with zero attached hydrogens (tertiary/aromatic N) is 2. The molecule has 0 aliphatic carbocycles. The quantitative estimate of drug-likeness (QED) is 0.722. The fourth-order valence-electron chi connectivity index (χ4n) is 1.98. The molecular weight excluding hydrogens is 252 g/mol. The number of hydrogen-bond donors (Lipinski definition) is 0. The third-order valence-electron chi connectivity index (χ3n) is 2.69. The first-order valence-electron chi connectivity index (χ1n) is 4.75. The van der Waals surface area contributed by atoms with Crippen LogP contribution >= 0.6 is 15.9 Å². The summed E-state index contributed by atoms with van der Waals surface area (Å²) >= 11 is 3.58. The summed E-state index contributed by atoms with van der Waals surface area (Å²) in [5, 5.41) is 1.22. The van der Waals surface area contributed by atoms with Crippen LogP contribution < -0.4 is 4.90 Å². The maximum atomic E-state index is 4.38. The van der Waals surface area contributed by atoms with Crippen molar-refractivity contribution in [3.8, 4) is 0 Å². The standard InChI is InChI=1S/C12H9BrN2/c1-15-7-5-8-4-6-14-10-3-2-9(13)12(15)11(8)10/h2-7H,1H3. The molecule has 2 nitrogen and oxygen atoms in total. The van der Waals surface area contributed by atoms with Gasteiger partial charge in [-0.3, -0.25) is 4.98 Å². The van der Waals surface area contributed by atoms with Gasteiger partial charge in [-0.15, -0.1) is 0 Å². The first-order valence-corrected chi connectivity index (χ1v) is 5.55. The van der Waals surface area contributed by atoms with Gasteiger partial charge in [-0.25, -0.2) is 0 Å². The van der Waals surface area contributed by atoms with Crippen molar-refractivity contribution in [3.63, 3.8) is 0 Å². The Bertz CT molecular complexity index is 575. The zero-order valence-corrected chi connectivity index (χ0v) is 9.82. The fourth-order valence-corrected chi connectivity index (χ4v) is 2.59. The lowest BCUT2D eigenvalue weighted by Crippen LogP contribution is -2.12. The highest BCUT2D eigenvalue weighted by molar-refractivity contribution is 9.10. The molecule has 0 amide bonds. The predicted octanol–water partition coefficient (Wildman–Crippen LogP) is 3.42. The maximum Gasteiger partial charge on any atom is 0.0729 e. The summed E-state index contributed by atoms with van der Waals surface area (Å²) in [6.07, 6.45) is 6.04. The van der Waals surface area contributed by atoms with Gasteiger partial charge in [-0.2, -0.15) is 0 Å². The van der Waals surface area contributed by atoms with Crippen LogP contribution in [-0.2, 0) is 0 Å². The molecule has 3 heteroatoms. The van der Waals surface area contributed by atoms with Gasteiger partial charge in [0.25, 0.3) is 0 Å². The van der Waals surface area contributed by atoms with E-state index < -0.39 is 0 Å². The summed E-state index contributed by atoms with van der Waals surface area (Å²) in [5.74, 6) is 0. The Morgan fingerprint density at radius 1 is 1.27 bits per heavy atom. The SMILES string of the molecule is CN1C=Cc2ccnc3ccc(Br)c1c23. The van der Waals surface area contributed by atoms with E-state index in [0.29, 0.717) is 0 Å². The van der Waals surface area contributed by atoms with E-state index >= 15 is 0 Å². The van der Waals surface area contributed by atoms with Crippen LogP contribution in [0, 0.1) is 0 Å². The Kier molecular flexibility index (Phi) is 1.83. The minimum Gasteiger partial charge on any atom is -0.350 e. The van der Waals surface area contributed by atoms with Gasteiger partial charge in [0.1, 0.15) is 0 Å². The highest BCUT2D eigenvalue weighted by atomic mass is 79.9. The van der Waals surface area contributed by atoms with E-state index in [1.807, 2.05) is 31.4 Å². The molecule has 0 saturated carbocycles. The minimum atomic E-state index is 1.04. The molecule has 2 heterocycles. The van der Waals surface area contributed by atoms with Crippen LogP contribution in [0.1, 0.15) is 5.56 Å². The highest BCUT2D eigenvalue weighted by Crippen LogP contribution is 2.38. The minimum absolute atomic E-state index is 1.04. The van der Waals surface area contributed by atoms with Crippen molar-refractivity contribution < 1.29 is 0 Å². The fraction of sp³-hybridized carbons (Fsp3) is 0.0833. The van der Waals surface area contributed by atoms with Crippen molar-refractivity contribution in [2.45, 2.75) is 0 Å². The van der Waals surface area contributed by atoms with E-state index in [1.54, 1.807) is 0 Å². The molecule has 1 aliphatic heterocycles. The summed E-state index contributed by atoms with van der Waals surface area (Å²) < 4.78 is 1.11. The van der Waals surface area contributed by atoms with Crippen LogP contribution in [0.5, 0.6) is 0 Å². The largest absolute Gasteiger partial charge is 0.350 e. The average Bonchev–Trinajstić information content (AvgIpc) is 2.25. The van der Waals surface area contributed by atoms with Gasteiger partial charge >= 0.3 is 0 Å². The van der Waals surface area contributed by atoms with Crippen LogP contribution in [0.4, 0.5) is 5.69 Å². The van der Waals surface area contributed by atoms with Gasteiger partial charge in [0.15, 0.2) is 0 Å². The summed E-state index contributed by atoms with van der Waals surface area (Å²) in [6, 6.07) is 6.13. The maximum absolute atomic E-state index is 4.38. The second kappa shape index (κ2) is 3.07. The Hall–Kier alpha value is -1.35. The molecule has 1 aromatic heterocycles. The third kappa shape index (κ3) is 1.20. The van der Waals surface area contributed by atoms with Crippen LogP contribution in [0.25, 0.3) is 17.0 Å². The molecule has 0 saturated heterocycles. The summed E-state index contributed by atoms with van der Waals surface area (Å²) in [7, 11) is 2.05. The van der Waals surface area contributed by atoms with Gasteiger partial charge in [0.05, 0.1) is 11.2 Å². The Morgan fingerprint density at radius 3 is 3.00 bits per heavy atom. The summed E-state index contributed by atoms with van der Waals surface area (Å²) in [5.41, 5.74) is 3.47. The van der Waals surface area contributed by atoms with Gasteiger partial charge in [0.2, 0.25) is 0 Å². The van der Waals surface area contributed by atoms with Gasteiger partial charge in [-0.05, 0) is 45.8 Å². The van der Waals surface area contributed by atoms with E-state index in [1.165, 1.54) is 16.6 Å². The van der Waals surface area contributed by atoms with Crippen LogP contribution in [0.3, 0.4) is 0 Å². The molecule has 1 aromatic carbocycles. The molecule has 0 bridgehead atoms. The number of hydrogen-bond acceptors (Lipinski definition) is 2. The predicted molar refractivity (Wildman–Crippen MR) is 66.9 cm³/mol. The molecule has 0 spiro atoms. The smallest absolute Gasteiger partial charge is 0.0729 e. The molecule has 74 valence electrons. The molecule has 3 rings (SSSR count). The molecule has 0 N–H and O–H groups in total. The third-order valence-corrected chi connectivity index (χ3v) is 3.33. The first-order chi connectivity index (χ1) is 7.27. The lowest BCUT2D eigenvalue weighted by Gasteiger charge is -2.23. The van der Waals surface area contributed by atoms with Crippen molar-refractivity contribution in [2.75, 3.05) is 11.9 Å². The van der Waals surface area contributed by atoms with E-state index in [4.69, 9.17) is 0 Å². The van der Waals surface area contributed by atoms with Crippen molar-refractivity contribution in [3.05, 3.63) is 40.6 Å². The van der Waals surface area contributed by atoms with E-state index in [9.17, 15) is 0 Å². The van der Waals surface area contributed by atoms with Gasteiger partial charge in [-0.1, -0.05) is 0 Å². The average molecular weight is 261 g/mol. The van der Waals surface area contributed by atoms with Gasteiger partial charge in [0, 0.05) is 29.3 Å². The number of anilines is 1. The van der Waals surface area contributed by atoms with Crippen molar-refractivity contribution >= 4 is 38.6 Å². The van der Waals surface area contributed by atoms with E-state index in [-0.39, 0.29) is 0 Å². The molecule has 15 heavy (non-hydrogen) atoms. The van der Waals surface area contributed by atoms with Gasteiger partial charge < -0.3 is 4.90 Å². The number of benzene rings is 1. The number of halogens is 1. The first kappa shape index (κ1) is 8.92. The monoisotopic (exact) mass is 260 g/mol. The number of rotatable bonds is 0. The second-order valence-electron chi connectivity index (χ2n) is 3.62.